The van der Waals surface area contributed by atoms with Gasteiger partial charge in [0.2, 0.25) is 0 Å². The van der Waals surface area contributed by atoms with Crippen molar-refractivity contribution in [2.75, 3.05) is 13.1 Å². The summed E-state index contributed by atoms with van der Waals surface area (Å²) in [7, 11) is 0. The van der Waals surface area contributed by atoms with Gasteiger partial charge in [-0.25, -0.2) is 0 Å². The zero-order valence-electron chi connectivity index (χ0n) is 5.71. The Hall–Kier alpha value is -0.0800. The van der Waals surface area contributed by atoms with Gasteiger partial charge in [0.15, 0.2) is 0 Å². The van der Waals surface area contributed by atoms with Gasteiger partial charge in [0, 0.05) is 18.6 Å². The highest BCUT2D eigenvalue weighted by atomic mass is 15.2. The van der Waals surface area contributed by atoms with Crippen LogP contribution >= 0.6 is 0 Å². The number of hydrogen-bond acceptors (Lipinski definition) is 2. The summed E-state index contributed by atoms with van der Waals surface area (Å²) < 4.78 is 0. The lowest BCUT2D eigenvalue weighted by Crippen LogP contribution is -2.34. The van der Waals surface area contributed by atoms with E-state index < -0.39 is 0 Å². The minimum atomic E-state index is 0.493. The smallest absolute Gasteiger partial charge is 0.0248 e. The van der Waals surface area contributed by atoms with E-state index in [-0.39, 0.29) is 0 Å². The standard InChI is InChI=1S/C7H14N2/c8-6-3-5-9-4-1-2-7(6)9/h6-7H,1-5,8H2/t6-,7+/m1/s1. The summed E-state index contributed by atoms with van der Waals surface area (Å²) in [5.41, 5.74) is 5.88. The fraction of sp³-hybridized carbons (Fsp3) is 1.00. The van der Waals surface area contributed by atoms with Crippen LogP contribution in [0.4, 0.5) is 0 Å². The van der Waals surface area contributed by atoms with Gasteiger partial charge in [-0.3, -0.25) is 4.90 Å². The molecule has 0 aromatic rings. The monoisotopic (exact) mass is 126 g/mol. The van der Waals surface area contributed by atoms with Gasteiger partial charge in [-0.15, -0.1) is 0 Å². The van der Waals surface area contributed by atoms with Crippen LogP contribution in [0.3, 0.4) is 0 Å². The number of nitrogens with two attached hydrogens (primary N) is 1. The molecule has 0 amide bonds. The van der Waals surface area contributed by atoms with Crippen molar-refractivity contribution in [2.45, 2.75) is 31.3 Å². The van der Waals surface area contributed by atoms with E-state index >= 15 is 0 Å². The Kier molecular flexibility index (Phi) is 1.24. The fourth-order valence-electron chi connectivity index (χ4n) is 2.12. The molecule has 0 unspecified atom stereocenters. The van der Waals surface area contributed by atoms with E-state index in [0.717, 1.165) is 6.04 Å². The molecule has 2 rings (SSSR count). The van der Waals surface area contributed by atoms with Gasteiger partial charge in [-0.2, -0.15) is 0 Å². The molecule has 0 aromatic heterocycles. The van der Waals surface area contributed by atoms with Crippen molar-refractivity contribution in [1.29, 1.82) is 0 Å². The molecule has 2 aliphatic heterocycles. The molecule has 2 N–H and O–H groups in total. The van der Waals surface area contributed by atoms with Crippen LogP contribution in [0, 0.1) is 0 Å². The van der Waals surface area contributed by atoms with Gasteiger partial charge in [0.05, 0.1) is 0 Å². The summed E-state index contributed by atoms with van der Waals surface area (Å²) in [5, 5.41) is 0. The highest BCUT2D eigenvalue weighted by molar-refractivity contribution is 4.93. The number of hydrogen-bond donors (Lipinski definition) is 1. The Labute approximate surface area is 56.0 Å². The molecule has 0 spiro atoms. The van der Waals surface area contributed by atoms with Crippen LogP contribution in [-0.4, -0.2) is 30.1 Å². The Balaban J connectivity index is 2.07. The number of rotatable bonds is 0. The molecule has 0 bridgehead atoms. The minimum absolute atomic E-state index is 0.493. The first-order valence-corrected chi connectivity index (χ1v) is 3.87. The SMILES string of the molecule is N[C@@H]1CCN2CCC[C@@H]12. The number of fused-ring (bicyclic) bond motifs is 1. The predicted molar refractivity (Wildman–Crippen MR) is 37.2 cm³/mol. The van der Waals surface area contributed by atoms with E-state index in [9.17, 15) is 0 Å². The van der Waals surface area contributed by atoms with E-state index in [1.54, 1.807) is 0 Å². The second-order valence-corrected chi connectivity index (χ2v) is 3.20. The van der Waals surface area contributed by atoms with Crippen LogP contribution in [0.15, 0.2) is 0 Å². The van der Waals surface area contributed by atoms with E-state index in [1.165, 1.54) is 32.4 Å². The maximum Gasteiger partial charge on any atom is 0.0248 e. The fourth-order valence-corrected chi connectivity index (χ4v) is 2.12. The first-order valence-electron chi connectivity index (χ1n) is 3.87. The molecule has 9 heavy (non-hydrogen) atoms. The van der Waals surface area contributed by atoms with Crippen molar-refractivity contribution in [1.82, 2.24) is 4.90 Å². The molecule has 2 heterocycles. The Morgan fingerprint density at radius 3 is 2.89 bits per heavy atom. The molecule has 2 saturated heterocycles. The maximum atomic E-state index is 5.88. The van der Waals surface area contributed by atoms with Gasteiger partial charge in [-0.05, 0) is 25.8 Å². The van der Waals surface area contributed by atoms with Crippen LogP contribution in [0.2, 0.25) is 0 Å². The van der Waals surface area contributed by atoms with E-state index in [2.05, 4.69) is 4.90 Å². The minimum Gasteiger partial charge on any atom is -0.326 e. The summed E-state index contributed by atoms with van der Waals surface area (Å²) >= 11 is 0. The average Bonchev–Trinajstić information content (AvgIpc) is 2.35. The summed E-state index contributed by atoms with van der Waals surface area (Å²) in [5.74, 6) is 0. The normalized spacial score (nSPS) is 43.7. The largest absolute Gasteiger partial charge is 0.326 e. The van der Waals surface area contributed by atoms with Crippen molar-refractivity contribution >= 4 is 0 Å². The van der Waals surface area contributed by atoms with Crippen LogP contribution in [-0.2, 0) is 0 Å². The summed E-state index contributed by atoms with van der Waals surface area (Å²) in [6.07, 6.45) is 3.95. The lowest BCUT2D eigenvalue weighted by molar-refractivity contribution is 0.314. The van der Waals surface area contributed by atoms with Gasteiger partial charge in [0.1, 0.15) is 0 Å². The van der Waals surface area contributed by atoms with Crippen LogP contribution in [0.1, 0.15) is 19.3 Å². The van der Waals surface area contributed by atoms with Gasteiger partial charge < -0.3 is 5.73 Å². The van der Waals surface area contributed by atoms with E-state index in [4.69, 9.17) is 5.73 Å². The molecule has 2 nitrogen and oxygen atoms in total. The lowest BCUT2D eigenvalue weighted by Gasteiger charge is -2.15. The summed E-state index contributed by atoms with van der Waals surface area (Å²) in [6.45, 7) is 2.56. The Bertz CT molecular complexity index is 113. The van der Waals surface area contributed by atoms with Crippen molar-refractivity contribution < 1.29 is 0 Å². The molecule has 0 radical (unpaired) electrons. The molecule has 52 valence electrons. The molecular formula is C7H14N2. The second-order valence-electron chi connectivity index (χ2n) is 3.20. The molecule has 2 heteroatoms. The third kappa shape index (κ3) is 0.775. The zero-order valence-corrected chi connectivity index (χ0v) is 5.71. The second kappa shape index (κ2) is 1.96. The number of nitrogens with zero attached hydrogens (tertiary/aromatic N) is 1. The predicted octanol–water partition coefficient (Wildman–Crippen LogP) is 0.182. The molecule has 0 aromatic carbocycles. The lowest BCUT2D eigenvalue weighted by atomic mass is 10.1. The van der Waals surface area contributed by atoms with E-state index in [0.29, 0.717) is 6.04 Å². The molecule has 0 aliphatic carbocycles. The topological polar surface area (TPSA) is 29.3 Å². The first kappa shape index (κ1) is 5.69. The molecular weight excluding hydrogens is 112 g/mol. The summed E-state index contributed by atoms with van der Waals surface area (Å²) in [4.78, 5) is 2.53. The van der Waals surface area contributed by atoms with E-state index in [1.807, 2.05) is 0 Å². The van der Waals surface area contributed by atoms with Crippen LogP contribution in [0.25, 0.3) is 0 Å². The third-order valence-corrected chi connectivity index (χ3v) is 2.66. The first-order chi connectivity index (χ1) is 4.38. The summed E-state index contributed by atoms with van der Waals surface area (Å²) in [6, 6.07) is 1.25. The Morgan fingerprint density at radius 1 is 1.22 bits per heavy atom. The molecule has 2 aliphatic rings. The van der Waals surface area contributed by atoms with Gasteiger partial charge in [0.25, 0.3) is 0 Å². The Morgan fingerprint density at radius 2 is 2.11 bits per heavy atom. The highest BCUT2D eigenvalue weighted by Crippen LogP contribution is 2.26. The van der Waals surface area contributed by atoms with Crippen molar-refractivity contribution in [3.63, 3.8) is 0 Å². The van der Waals surface area contributed by atoms with Crippen molar-refractivity contribution in [3.05, 3.63) is 0 Å². The van der Waals surface area contributed by atoms with Crippen LogP contribution in [0.5, 0.6) is 0 Å². The zero-order chi connectivity index (χ0) is 6.27. The molecule has 0 saturated carbocycles. The quantitative estimate of drug-likeness (QED) is 0.502. The highest BCUT2D eigenvalue weighted by Gasteiger charge is 2.34. The molecule has 2 atom stereocenters. The average molecular weight is 126 g/mol. The van der Waals surface area contributed by atoms with Gasteiger partial charge >= 0.3 is 0 Å². The maximum absolute atomic E-state index is 5.88. The van der Waals surface area contributed by atoms with Crippen molar-refractivity contribution in [3.8, 4) is 0 Å². The van der Waals surface area contributed by atoms with Crippen molar-refractivity contribution in [2.24, 2.45) is 5.73 Å². The van der Waals surface area contributed by atoms with Crippen LogP contribution < -0.4 is 5.73 Å². The molecule has 2 fully saturated rings. The van der Waals surface area contributed by atoms with Gasteiger partial charge in [-0.1, -0.05) is 0 Å². The third-order valence-electron chi connectivity index (χ3n) is 2.66.